The standard InChI is InChI=1S/C38H44N4O4.2ClH/c43-35(44)26-46-31-15-16-32-34(23-31)41-37(29-12-5-2-6-13-29)33(25-42-22-8-14-30(24-42)28-17-20-39-21-18-28)36(32)38(45)40-19-7-11-27-9-3-1-4-10-27;;/h1-6,9-10,12-13,15-16,23,28,30,39H,7-8,11,14,17-22,24-26H2,(H,40,45)(H,43,44);2*1H/t30-;;/m1../s1. The summed E-state index contributed by atoms with van der Waals surface area (Å²) in [6, 6.07) is 25.7. The van der Waals surface area contributed by atoms with E-state index < -0.39 is 12.6 Å². The van der Waals surface area contributed by atoms with Gasteiger partial charge in [0, 0.05) is 42.2 Å². The van der Waals surface area contributed by atoms with Gasteiger partial charge in [-0.2, -0.15) is 0 Å². The molecule has 1 atom stereocenters. The van der Waals surface area contributed by atoms with Gasteiger partial charge in [0.25, 0.3) is 5.91 Å². The molecular formula is C38H46Cl2N4O4. The number of hydrogen-bond donors (Lipinski definition) is 3. The van der Waals surface area contributed by atoms with Crippen LogP contribution >= 0.6 is 24.8 Å². The third-order valence-corrected chi connectivity index (χ3v) is 9.44. The Bertz CT molecular complexity index is 1630. The fourth-order valence-electron chi connectivity index (χ4n) is 7.15. The molecule has 48 heavy (non-hydrogen) atoms. The lowest BCUT2D eigenvalue weighted by Crippen LogP contribution is -2.41. The summed E-state index contributed by atoms with van der Waals surface area (Å²) in [5.41, 5.74) is 5.15. The highest BCUT2D eigenvalue weighted by Crippen LogP contribution is 2.35. The van der Waals surface area contributed by atoms with Crippen LogP contribution in [-0.2, 0) is 17.8 Å². The van der Waals surface area contributed by atoms with E-state index in [4.69, 9.17) is 14.8 Å². The third-order valence-electron chi connectivity index (χ3n) is 9.44. The van der Waals surface area contributed by atoms with Gasteiger partial charge < -0.3 is 20.5 Å². The quantitative estimate of drug-likeness (QED) is 0.141. The number of hydrogen-bond acceptors (Lipinski definition) is 6. The van der Waals surface area contributed by atoms with E-state index in [1.165, 1.54) is 24.8 Å². The van der Waals surface area contributed by atoms with E-state index in [-0.39, 0.29) is 30.7 Å². The molecule has 0 saturated carbocycles. The third kappa shape index (κ3) is 9.47. The number of aromatic nitrogens is 1. The van der Waals surface area contributed by atoms with Gasteiger partial charge in [0.15, 0.2) is 6.61 Å². The molecule has 1 amide bonds. The van der Waals surface area contributed by atoms with E-state index in [1.807, 2.05) is 54.6 Å². The average Bonchev–Trinajstić information content (AvgIpc) is 3.10. The van der Waals surface area contributed by atoms with Crippen LogP contribution in [0.1, 0.15) is 53.6 Å². The molecule has 0 bridgehead atoms. The zero-order valence-corrected chi connectivity index (χ0v) is 28.9. The van der Waals surface area contributed by atoms with E-state index in [0.29, 0.717) is 35.8 Å². The number of aryl methyl sites for hydroxylation is 1. The van der Waals surface area contributed by atoms with Crippen LogP contribution in [0, 0.1) is 11.8 Å². The maximum atomic E-state index is 14.3. The summed E-state index contributed by atoms with van der Waals surface area (Å²) in [5, 5.41) is 16.6. The lowest BCUT2D eigenvalue weighted by Gasteiger charge is -2.39. The van der Waals surface area contributed by atoms with Crippen molar-refractivity contribution in [2.24, 2.45) is 11.8 Å². The van der Waals surface area contributed by atoms with Crippen LogP contribution in [0.4, 0.5) is 0 Å². The van der Waals surface area contributed by atoms with Gasteiger partial charge in [0.2, 0.25) is 0 Å². The van der Waals surface area contributed by atoms with Gasteiger partial charge in [0.05, 0.1) is 16.8 Å². The van der Waals surface area contributed by atoms with Crippen molar-refractivity contribution in [2.75, 3.05) is 39.3 Å². The summed E-state index contributed by atoms with van der Waals surface area (Å²) >= 11 is 0. The molecule has 10 heteroatoms. The number of nitrogens with zero attached hydrogens (tertiary/aromatic N) is 2. The number of carbonyl (C=O) groups excluding carboxylic acids is 1. The number of piperidine rings is 2. The van der Waals surface area contributed by atoms with Crippen molar-refractivity contribution in [1.82, 2.24) is 20.5 Å². The SMILES string of the molecule is Cl.Cl.O=C(O)COc1ccc2c(C(=O)NCCCc3ccccc3)c(CN3CCC[C@@H](C4CCNCC4)C3)c(-c3ccccc3)nc2c1. The maximum Gasteiger partial charge on any atom is 0.341 e. The Labute approximate surface area is 295 Å². The molecule has 3 aromatic carbocycles. The van der Waals surface area contributed by atoms with Crippen LogP contribution < -0.4 is 15.4 Å². The lowest BCUT2D eigenvalue weighted by molar-refractivity contribution is -0.139. The van der Waals surface area contributed by atoms with Crippen LogP contribution in [0.3, 0.4) is 0 Å². The number of fused-ring (bicyclic) bond motifs is 1. The number of likely N-dealkylation sites (tertiary alicyclic amines) is 1. The topological polar surface area (TPSA) is 104 Å². The van der Waals surface area contributed by atoms with Crippen LogP contribution in [0.25, 0.3) is 22.2 Å². The molecule has 3 N–H and O–H groups in total. The van der Waals surface area contributed by atoms with Crippen molar-refractivity contribution < 1.29 is 19.4 Å². The minimum absolute atomic E-state index is 0. The smallest absolute Gasteiger partial charge is 0.341 e. The highest BCUT2D eigenvalue weighted by atomic mass is 35.5. The summed E-state index contributed by atoms with van der Waals surface area (Å²) in [4.78, 5) is 33.1. The van der Waals surface area contributed by atoms with Gasteiger partial charge >= 0.3 is 5.97 Å². The normalized spacial score (nSPS) is 16.8. The second kappa shape index (κ2) is 18.2. The summed E-state index contributed by atoms with van der Waals surface area (Å²) < 4.78 is 5.51. The average molecular weight is 694 g/mol. The number of amides is 1. The number of pyridine rings is 1. The summed E-state index contributed by atoms with van der Waals surface area (Å²) in [7, 11) is 0. The van der Waals surface area contributed by atoms with Crippen LogP contribution in [0.15, 0.2) is 78.9 Å². The fraction of sp³-hybridized carbons (Fsp3) is 0.395. The van der Waals surface area contributed by atoms with E-state index >= 15 is 0 Å². The van der Waals surface area contributed by atoms with Crippen LogP contribution in [0.5, 0.6) is 5.75 Å². The van der Waals surface area contributed by atoms with E-state index in [1.54, 1.807) is 12.1 Å². The number of carbonyl (C=O) groups is 2. The number of carboxylic acids is 1. The minimum Gasteiger partial charge on any atom is -0.482 e. The first kappa shape index (κ1) is 37.1. The van der Waals surface area contributed by atoms with Crippen LogP contribution in [0.2, 0.25) is 0 Å². The molecule has 3 heterocycles. The molecule has 4 aromatic rings. The molecule has 0 spiro atoms. The Kier molecular flexibility index (Phi) is 14.1. The predicted octanol–water partition coefficient (Wildman–Crippen LogP) is 6.78. The number of rotatable bonds is 12. The highest BCUT2D eigenvalue weighted by molar-refractivity contribution is 6.09. The zero-order valence-electron chi connectivity index (χ0n) is 27.2. The number of benzene rings is 3. The van der Waals surface area contributed by atoms with Crippen LogP contribution in [-0.4, -0.2) is 66.2 Å². The van der Waals surface area contributed by atoms with Crippen molar-refractivity contribution >= 4 is 47.6 Å². The van der Waals surface area contributed by atoms with Gasteiger partial charge in [-0.05, 0) is 87.7 Å². The Morgan fingerprint density at radius 2 is 1.67 bits per heavy atom. The molecule has 256 valence electrons. The van der Waals surface area contributed by atoms with Crippen molar-refractivity contribution in [3.63, 3.8) is 0 Å². The summed E-state index contributed by atoms with van der Waals surface area (Å²) in [6.07, 6.45) is 6.59. The van der Waals surface area contributed by atoms with Gasteiger partial charge in [-0.1, -0.05) is 60.7 Å². The first-order chi connectivity index (χ1) is 22.5. The molecule has 8 nitrogen and oxygen atoms in total. The Hall–Kier alpha value is -3.69. The Balaban J connectivity index is 0.00000260. The fourth-order valence-corrected chi connectivity index (χ4v) is 7.15. The zero-order chi connectivity index (χ0) is 31.7. The van der Waals surface area contributed by atoms with Crippen molar-refractivity contribution in [3.05, 3.63) is 95.6 Å². The van der Waals surface area contributed by atoms with Gasteiger partial charge in [-0.3, -0.25) is 9.69 Å². The maximum absolute atomic E-state index is 14.3. The first-order valence-corrected chi connectivity index (χ1v) is 16.7. The van der Waals surface area contributed by atoms with E-state index in [0.717, 1.165) is 73.6 Å². The van der Waals surface area contributed by atoms with E-state index in [9.17, 15) is 9.59 Å². The van der Waals surface area contributed by atoms with Gasteiger partial charge in [-0.25, -0.2) is 9.78 Å². The molecule has 2 saturated heterocycles. The number of halogens is 2. The van der Waals surface area contributed by atoms with Crippen molar-refractivity contribution in [3.8, 4) is 17.0 Å². The molecule has 2 aliphatic heterocycles. The number of nitrogens with one attached hydrogen (secondary N) is 2. The van der Waals surface area contributed by atoms with Crippen molar-refractivity contribution in [1.29, 1.82) is 0 Å². The number of carboxylic acid groups (broad SMARTS) is 1. The Morgan fingerprint density at radius 1 is 0.938 bits per heavy atom. The molecule has 6 rings (SSSR count). The molecule has 0 aliphatic carbocycles. The summed E-state index contributed by atoms with van der Waals surface area (Å²) in [6.45, 7) is 4.96. The minimum atomic E-state index is -1.05. The predicted molar refractivity (Wildman–Crippen MR) is 195 cm³/mol. The first-order valence-electron chi connectivity index (χ1n) is 16.7. The van der Waals surface area contributed by atoms with Gasteiger partial charge in [0.1, 0.15) is 5.75 Å². The second-order valence-corrected chi connectivity index (χ2v) is 12.6. The van der Waals surface area contributed by atoms with E-state index in [2.05, 4.69) is 27.7 Å². The molecule has 1 aromatic heterocycles. The monoisotopic (exact) mass is 692 g/mol. The molecule has 2 aliphatic rings. The number of ether oxygens (including phenoxy) is 1. The number of aliphatic carboxylic acids is 1. The molecule has 2 fully saturated rings. The molecule has 0 unspecified atom stereocenters. The largest absolute Gasteiger partial charge is 0.482 e. The van der Waals surface area contributed by atoms with Crippen molar-refractivity contribution in [2.45, 2.75) is 45.1 Å². The lowest BCUT2D eigenvalue weighted by atomic mass is 9.80. The second-order valence-electron chi connectivity index (χ2n) is 12.6. The van der Waals surface area contributed by atoms with Gasteiger partial charge in [-0.15, -0.1) is 24.8 Å². The molecule has 0 radical (unpaired) electrons. The molecular weight excluding hydrogens is 647 g/mol. The summed E-state index contributed by atoms with van der Waals surface area (Å²) in [5.74, 6) is 0.647. The Morgan fingerprint density at radius 3 is 2.40 bits per heavy atom. The highest BCUT2D eigenvalue weighted by Gasteiger charge is 2.30.